The van der Waals surface area contributed by atoms with Crippen molar-refractivity contribution in [3.05, 3.63) is 55.5 Å². The number of nitrogens with zero attached hydrogens (tertiary/aromatic N) is 1. The Balaban J connectivity index is 1.32. The number of carbonyl (C=O) groups is 1. The summed E-state index contributed by atoms with van der Waals surface area (Å²) >= 11 is 6.54. The van der Waals surface area contributed by atoms with E-state index in [9.17, 15) is 9.59 Å². The molecular weight excluding hydrogens is 478 g/mol. The molecule has 2 aromatic rings. The summed E-state index contributed by atoms with van der Waals surface area (Å²) in [5.41, 5.74) is 3.53. The van der Waals surface area contributed by atoms with E-state index in [1.807, 2.05) is 19.9 Å². The molecule has 2 heterocycles. The smallest absolute Gasteiger partial charge is 0.253 e. The number of H-pyrrole nitrogens is 1. The van der Waals surface area contributed by atoms with Gasteiger partial charge in [0.2, 0.25) is 0 Å². The number of halogens is 1. The fourth-order valence-electron chi connectivity index (χ4n) is 5.73. The molecule has 7 nitrogen and oxygen atoms in total. The van der Waals surface area contributed by atoms with Gasteiger partial charge in [0.25, 0.3) is 11.5 Å². The molecule has 5 rings (SSSR count). The molecule has 0 radical (unpaired) electrons. The van der Waals surface area contributed by atoms with Crippen molar-refractivity contribution in [2.24, 2.45) is 5.92 Å². The quantitative estimate of drug-likeness (QED) is 0.584. The van der Waals surface area contributed by atoms with E-state index in [-0.39, 0.29) is 24.1 Å². The van der Waals surface area contributed by atoms with Crippen LogP contribution in [0.25, 0.3) is 0 Å². The number of aromatic amines is 1. The zero-order chi connectivity index (χ0) is 25.6. The molecule has 0 unspecified atom stereocenters. The van der Waals surface area contributed by atoms with Crippen molar-refractivity contribution >= 4 is 17.5 Å². The summed E-state index contributed by atoms with van der Waals surface area (Å²) in [6.07, 6.45) is 6.58. The molecule has 2 saturated carbocycles. The van der Waals surface area contributed by atoms with Crippen LogP contribution in [0.2, 0.25) is 5.02 Å². The summed E-state index contributed by atoms with van der Waals surface area (Å²) in [5.74, 6) is 1.61. The summed E-state index contributed by atoms with van der Waals surface area (Å²) in [6, 6.07) is 4.28. The summed E-state index contributed by atoms with van der Waals surface area (Å²) in [4.78, 5) is 31.1. The average Bonchev–Trinajstić information content (AvgIpc) is 3.70. The first-order valence-corrected chi connectivity index (χ1v) is 13.4. The predicted octanol–water partition coefficient (Wildman–Crippen LogP) is 4.71. The Labute approximate surface area is 217 Å². The first kappa shape index (κ1) is 25.2. The van der Waals surface area contributed by atoms with Gasteiger partial charge < -0.3 is 24.7 Å². The minimum Gasteiger partial charge on any atom is -0.484 e. The molecule has 0 saturated heterocycles. The van der Waals surface area contributed by atoms with E-state index in [0.717, 1.165) is 49.8 Å². The predicted molar refractivity (Wildman–Crippen MR) is 140 cm³/mol. The van der Waals surface area contributed by atoms with Crippen LogP contribution in [-0.2, 0) is 6.54 Å². The molecule has 1 aromatic heterocycles. The second-order valence-corrected chi connectivity index (χ2v) is 11.3. The maximum absolute atomic E-state index is 13.3. The highest BCUT2D eigenvalue weighted by Crippen LogP contribution is 2.45. The van der Waals surface area contributed by atoms with Crippen LogP contribution in [0.15, 0.2) is 16.9 Å². The van der Waals surface area contributed by atoms with Crippen LogP contribution in [0.1, 0.15) is 77.2 Å². The molecule has 2 aliphatic carbocycles. The van der Waals surface area contributed by atoms with Gasteiger partial charge in [-0.05, 0) is 96.0 Å². The third-order valence-corrected chi connectivity index (χ3v) is 8.37. The monoisotopic (exact) mass is 513 g/mol. The highest BCUT2D eigenvalue weighted by molar-refractivity contribution is 6.32. The van der Waals surface area contributed by atoms with Crippen molar-refractivity contribution < 1.29 is 14.3 Å². The number of carbonyl (C=O) groups excluding carboxylic acids is 1. The van der Waals surface area contributed by atoms with E-state index in [1.54, 1.807) is 6.07 Å². The number of aryl methyl sites for hydroxylation is 1. The molecule has 2 fully saturated rings. The number of hydrogen-bond acceptors (Lipinski definition) is 5. The number of hydrogen-bond donors (Lipinski definition) is 2. The second-order valence-electron chi connectivity index (χ2n) is 10.9. The number of fused-ring (bicyclic) bond motifs is 1. The number of amides is 1. The third-order valence-electron chi connectivity index (χ3n) is 8.09. The van der Waals surface area contributed by atoms with Gasteiger partial charge in [0.05, 0.1) is 5.02 Å². The maximum atomic E-state index is 13.3. The molecule has 0 spiro atoms. The molecule has 1 amide bonds. The van der Waals surface area contributed by atoms with Gasteiger partial charge in [0.1, 0.15) is 12.7 Å². The maximum Gasteiger partial charge on any atom is 0.253 e. The van der Waals surface area contributed by atoms with Crippen molar-refractivity contribution in [3.8, 4) is 11.5 Å². The van der Waals surface area contributed by atoms with Crippen LogP contribution in [0.5, 0.6) is 11.5 Å². The lowest BCUT2D eigenvalue weighted by atomic mass is 9.82. The lowest BCUT2D eigenvalue weighted by Crippen LogP contribution is -2.41. The summed E-state index contributed by atoms with van der Waals surface area (Å²) in [7, 11) is 4.28. The average molecular weight is 514 g/mol. The van der Waals surface area contributed by atoms with E-state index < -0.39 is 0 Å². The van der Waals surface area contributed by atoms with Gasteiger partial charge in [0, 0.05) is 35.0 Å². The fraction of sp³-hybridized carbons (Fsp3) is 0.571. The van der Waals surface area contributed by atoms with E-state index in [0.29, 0.717) is 57.7 Å². The van der Waals surface area contributed by atoms with Crippen molar-refractivity contribution in [3.63, 3.8) is 0 Å². The van der Waals surface area contributed by atoms with E-state index in [4.69, 9.17) is 21.1 Å². The molecule has 2 N–H and O–H groups in total. The molecule has 1 aromatic carbocycles. The van der Waals surface area contributed by atoms with Crippen molar-refractivity contribution in [1.82, 2.24) is 15.2 Å². The van der Waals surface area contributed by atoms with Crippen LogP contribution in [0, 0.1) is 19.8 Å². The Morgan fingerprint density at radius 3 is 2.50 bits per heavy atom. The third kappa shape index (κ3) is 5.00. The topological polar surface area (TPSA) is 83.7 Å². The van der Waals surface area contributed by atoms with Gasteiger partial charge in [0.15, 0.2) is 11.5 Å². The lowest BCUT2D eigenvalue weighted by Gasteiger charge is -2.38. The number of ether oxygens (including phenoxy) is 2. The van der Waals surface area contributed by atoms with Crippen LogP contribution < -0.4 is 20.3 Å². The zero-order valence-corrected chi connectivity index (χ0v) is 22.3. The molecular formula is C28H36ClN3O4. The van der Waals surface area contributed by atoms with Crippen LogP contribution >= 0.6 is 11.6 Å². The minimum absolute atomic E-state index is 0.0547. The van der Waals surface area contributed by atoms with Crippen molar-refractivity contribution in [2.75, 3.05) is 20.7 Å². The molecule has 8 heteroatoms. The van der Waals surface area contributed by atoms with Gasteiger partial charge >= 0.3 is 0 Å². The molecule has 1 aliphatic heterocycles. The van der Waals surface area contributed by atoms with Gasteiger partial charge in [-0.2, -0.15) is 0 Å². The van der Waals surface area contributed by atoms with Crippen molar-refractivity contribution in [1.29, 1.82) is 0 Å². The molecule has 36 heavy (non-hydrogen) atoms. The fourth-order valence-corrected chi connectivity index (χ4v) is 5.98. The van der Waals surface area contributed by atoms with Crippen LogP contribution in [0.4, 0.5) is 0 Å². The first-order valence-electron chi connectivity index (χ1n) is 13.0. The lowest BCUT2D eigenvalue weighted by molar-refractivity contribution is 0.0239. The Morgan fingerprint density at radius 1 is 1.11 bits per heavy atom. The number of nitrogens with one attached hydrogen (secondary N) is 2. The molecule has 194 valence electrons. The number of pyridine rings is 1. The second kappa shape index (κ2) is 10.1. The van der Waals surface area contributed by atoms with Gasteiger partial charge in [-0.15, -0.1) is 0 Å². The summed E-state index contributed by atoms with van der Waals surface area (Å²) < 4.78 is 12.5. The van der Waals surface area contributed by atoms with Crippen LogP contribution in [-0.4, -0.2) is 48.6 Å². The Bertz CT molecular complexity index is 1210. The highest BCUT2D eigenvalue weighted by atomic mass is 35.5. The highest BCUT2D eigenvalue weighted by Gasteiger charge is 2.35. The Hall–Kier alpha value is -2.51. The summed E-state index contributed by atoms with van der Waals surface area (Å²) in [6.45, 7) is 4.39. The zero-order valence-electron chi connectivity index (χ0n) is 21.6. The Morgan fingerprint density at radius 2 is 1.83 bits per heavy atom. The van der Waals surface area contributed by atoms with Crippen molar-refractivity contribution in [2.45, 2.75) is 77.0 Å². The molecule has 1 atom stereocenters. The summed E-state index contributed by atoms with van der Waals surface area (Å²) in [5, 5.41) is 3.31. The van der Waals surface area contributed by atoms with Gasteiger partial charge in [-0.25, -0.2) is 0 Å². The van der Waals surface area contributed by atoms with E-state index >= 15 is 0 Å². The number of benzene rings is 1. The normalized spacial score (nSPS) is 23.6. The largest absolute Gasteiger partial charge is 0.484 e. The van der Waals surface area contributed by atoms with Gasteiger partial charge in [-0.1, -0.05) is 11.6 Å². The molecule has 3 aliphatic rings. The standard InChI is InChI=1S/C28H36ClN3O4/c1-15-11-21(17-5-6-17)22(28(34)31-15)13-30-27(33)20-12-23(29)26-25(16(20)2)36-24(14-35-26)18-7-9-19(10-8-18)32(3)4/h11-12,17-19,24H,5-10,13-14H2,1-4H3,(H,30,33)(H,31,34)/t18?,19?,24-/m1/s1. The number of aromatic nitrogens is 1. The molecule has 0 bridgehead atoms. The number of rotatable bonds is 6. The minimum atomic E-state index is -0.281. The first-order chi connectivity index (χ1) is 17.2. The Kier molecular flexibility index (Phi) is 7.05. The SMILES string of the molecule is Cc1cc(C2CC2)c(CNC(=O)c2cc(Cl)c3c(c2C)O[C@@H](C2CCC(N(C)C)CC2)CO3)c(=O)[nH]1. The van der Waals surface area contributed by atoms with E-state index in [2.05, 4.69) is 29.3 Å². The van der Waals surface area contributed by atoms with E-state index in [1.165, 1.54) is 0 Å². The van der Waals surface area contributed by atoms with Gasteiger partial charge in [-0.3, -0.25) is 9.59 Å². The van der Waals surface area contributed by atoms with Crippen LogP contribution in [0.3, 0.4) is 0 Å².